The van der Waals surface area contributed by atoms with Gasteiger partial charge >= 0.3 is 6.09 Å². The minimum absolute atomic E-state index is 0.106. The summed E-state index contributed by atoms with van der Waals surface area (Å²) in [6.45, 7) is 5.21. The summed E-state index contributed by atoms with van der Waals surface area (Å²) in [7, 11) is 0. The smallest absolute Gasteiger partial charge is 0.411 e. The van der Waals surface area contributed by atoms with Crippen molar-refractivity contribution in [1.29, 1.82) is 0 Å². The SMILES string of the molecule is CC(C)COC(=O)Nc1cccc(NC(=O)C2CCCN(C(=O)c3ccc(Cl)cc3)C2)c1. The van der Waals surface area contributed by atoms with E-state index in [1.165, 1.54) is 0 Å². The summed E-state index contributed by atoms with van der Waals surface area (Å²) in [6.07, 6.45) is 0.918. The minimum Gasteiger partial charge on any atom is -0.449 e. The molecular formula is C24H28ClN3O4. The van der Waals surface area contributed by atoms with Crippen LogP contribution in [0.3, 0.4) is 0 Å². The maximum atomic E-state index is 12.8. The van der Waals surface area contributed by atoms with Gasteiger partial charge in [0.2, 0.25) is 5.91 Å². The van der Waals surface area contributed by atoms with E-state index in [0.717, 1.165) is 6.42 Å². The molecule has 1 heterocycles. The Morgan fingerprint density at radius 1 is 1.09 bits per heavy atom. The zero-order valence-electron chi connectivity index (χ0n) is 18.3. The lowest BCUT2D eigenvalue weighted by molar-refractivity contribution is -0.121. The quantitative estimate of drug-likeness (QED) is 0.636. The van der Waals surface area contributed by atoms with Gasteiger partial charge in [0, 0.05) is 35.1 Å². The molecule has 3 rings (SSSR count). The molecule has 3 amide bonds. The molecule has 8 heteroatoms. The fourth-order valence-corrected chi connectivity index (χ4v) is 3.59. The Kier molecular flexibility index (Phi) is 8.11. The molecule has 0 bridgehead atoms. The van der Waals surface area contributed by atoms with Crippen LogP contribution in [0.2, 0.25) is 5.02 Å². The van der Waals surface area contributed by atoms with Crippen LogP contribution in [0, 0.1) is 11.8 Å². The summed E-state index contributed by atoms with van der Waals surface area (Å²) in [4.78, 5) is 39.2. The number of carbonyl (C=O) groups excluding carboxylic acids is 3. The molecule has 32 heavy (non-hydrogen) atoms. The van der Waals surface area contributed by atoms with Crippen molar-refractivity contribution in [1.82, 2.24) is 4.90 Å². The number of piperidine rings is 1. The summed E-state index contributed by atoms with van der Waals surface area (Å²) >= 11 is 5.90. The van der Waals surface area contributed by atoms with Crippen LogP contribution in [-0.4, -0.2) is 42.5 Å². The second kappa shape index (κ2) is 11.0. The van der Waals surface area contributed by atoms with Gasteiger partial charge in [-0.1, -0.05) is 31.5 Å². The van der Waals surface area contributed by atoms with Gasteiger partial charge in [-0.15, -0.1) is 0 Å². The first-order valence-electron chi connectivity index (χ1n) is 10.7. The van der Waals surface area contributed by atoms with E-state index < -0.39 is 6.09 Å². The monoisotopic (exact) mass is 457 g/mol. The molecular weight excluding hydrogens is 430 g/mol. The van der Waals surface area contributed by atoms with Crippen molar-refractivity contribution in [3.05, 3.63) is 59.1 Å². The number of anilines is 2. The van der Waals surface area contributed by atoms with E-state index in [-0.39, 0.29) is 23.7 Å². The molecule has 1 atom stereocenters. The molecule has 0 spiro atoms. The lowest BCUT2D eigenvalue weighted by atomic mass is 9.96. The van der Waals surface area contributed by atoms with Crippen LogP contribution in [0.4, 0.5) is 16.2 Å². The van der Waals surface area contributed by atoms with E-state index in [9.17, 15) is 14.4 Å². The first-order valence-corrected chi connectivity index (χ1v) is 11.1. The van der Waals surface area contributed by atoms with Gasteiger partial charge in [0.15, 0.2) is 0 Å². The first-order chi connectivity index (χ1) is 15.3. The molecule has 2 N–H and O–H groups in total. The summed E-state index contributed by atoms with van der Waals surface area (Å²) < 4.78 is 5.12. The number of hydrogen-bond donors (Lipinski definition) is 2. The van der Waals surface area contributed by atoms with Crippen molar-refractivity contribution < 1.29 is 19.1 Å². The van der Waals surface area contributed by atoms with E-state index in [0.29, 0.717) is 48.1 Å². The van der Waals surface area contributed by atoms with Crippen molar-refractivity contribution in [2.45, 2.75) is 26.7 Å². The number of ether oxygens (including phenoxy) is 1. The lowest BCUT2D eigenvalue weighted by Crippen LogP contribution is -2.43. The van der Waals surface area contributed by atoms with Crippen LogP contribution in [0.5, 0.6) is 0 Å². The topological polar surface area (TPSA) is 87.7 Å². The van der Waals surface area contributed by atoms with E-state index in [4.69, 9.17) is 16.3 Å². The third-order valence-electron chi connectivity index (χ3n) is 5.09. The normalized spacial score (nSPS) is 15.9. The molecule has 1 aliphatic heterocycles. The number of hydrogen-bond acceptors (Lipinski definition) is 4. The molecule has 2 aromatic carbocycles. The maximum absolute atomic E-state index is 12.8. The average Bonchev–Trinajstić information content (AvgIpc) is 2.78. The summed E-state index contributed by atoms with van der Waals surface area (Å²) in [5, 5.41) is 6.13. The summed E-state index contributed by atoms with van der Waals surface area (Å²) in [5.74, 6) is -0.330. The van der Waals surface area contributed by atoms with Gasteiger partial charge in [-0.05, 0) is 61.2 Å². The second-order valence-corrected chi connectivity index (χ2v) is 8.72. The predicted octanol–water partition coefficient (Wildman–Crippen LogP) is 5.04. The number of carbonyl (C=O) groups is 3. The number of benzene rings is 2. The highest BCUT2D eigenvalue weighted by molar-refractivity contribution is 6.30. The van der Waals surface area contributed by atoms with Crippen LogP contribution in [0.25, 0.3) is 0 Å². The van der Waals surface area contributed by atoms with Gasteiger partial charge < -0.3 is 15.0 Å². The van der Waals surface area contributed by atoms with E-state index in [1.54, 1.807) is 53.4 Å². The van der Waals surface area contributed by atoms with E-state index in [1.807, 2.05) is 13.8 Å². The van der Waals surface area contributed by atoms with Crippen LogP contribution in [0.15, 0.2) is 48.5 Å². The molecule has 0 radical (unpaired) electrons. The molecule has 1 aliphatic rings. The molecule has 0 saturated carbocycles. The van der Waals surface area contributed by atoms with Crippen LogP contribution in [0.1, 0.15) is 37.0 Å². The first kappa shape index (κ1) is 23.6. The molecule has 170 valence electrons. The van der Waals surface area contributed by atoms with Crippen molar-refractivity contribution in [3.63, 3.8) is 0 Å². The van der Waals surface area contributed by atoms with Crippen molar-refractivity contribution in [3.8, 4) is 0 Å². The Hall–Kier alpha value is -3.06. The third kappa shape index (κ3) is 6.72. The van der Waals surface area contributed by atoms with Gasteiger partial charge in [-0.2, -0.15) is 0 Å². The molecule has 7 nitrogen and oxygen atoms in total. The van der Waals surface area contributed by atoms with E-state index in [2.05, 4.69) is 10.6 Å². The molecule has 2 aromatic rings. The van der Waals surface area contributed by atoms with Gasteiger partial charge in [0.1, 0.15) is 0 Å². The Morgan fingerprint density at radius 2 is 1.78 bits per heavy atom. The zero-order chi connectivity index (χ0) is 23.1. The lowest BCUT2D eigenvalue weighted by Gasteiger charge is -2.32. The van der Waals surface area contributed by atoms with E-state index >= 15 is 0 Å². The Labute approximate surface area is 193 Å². The fraction of sp³-hybridized carbons (Fsp3) is 0.375. The third-order valence-corrected chi connectivity index (χ3v) is 5.35. The highest BCUT2D eigenvalue weighted by Gasteiger charge is 2.29. The molecule has 0 aromatic heterocycles. The Bertz CT molecular complexity index is 962. The number of amides is 3. The van der Waals surface area contributed by atoms with Gasteiger partial charge in [0.25, 0.3) is 5.91 Å². The second-order valence-electron chi connectivity index (χ2n) is 8.28. The van der Waals surface area contributed by atoms with Crippen molar-refractivity contribution in [2.75, 3.05) is 30.3 Å². The number of likely N-dealkylation sites (tertiary alicyclic amines) is 1. The van der Waals surface area contributed by atoms with Crippen molar-refractivity contribution >= 4 is 40.9 Å². The Balaban J connectivity index is 1.57. The summed E-state index contributed by atoms with van der Waals surface area (Å²) in [6, 6.07) is 13.6. The number of rotatable bonds is 6. The molecule has 1 fully saturated rings. The predicted molar refractivity (Wildman–Crippen MR) is 125 cm³/mol. The zero-order valence-corrected chi connectivity index (χ0v) is 19.0. The highest BCUT2D eigenvalue weighted by Crippen LogP contribution is 2.22. The Morgan fingerprint density at radius 3 is 2.47 bits per heavy atom. The van der Waals surface area contributed by atoms with Gasteiger partial charge in [-0.3, -0.25) is 14.9 Å². The van der Waals surface area contributed by atoms with Gasteiger partial charge in [-0.25, -0.2) is 4.79 Å². The van der Waals surface area contributed by atoms with Crippen LogP contribution >= 0.6 is 11.6 Å². The van der Waals surface area contributed by atoms with Crippen LogP contribution in [-0.2, 0) is 9.53 Å². The fourth-order valence-electron chi connectivity index (χ4n) is 3.47. The average molecular weight is 458 g/mol. The molecule has 1 saturated heterocycles. The number of nitrogens with zero attached hydrogens (tertiary/aromatic N) is 1. The van der Waals surface area contributed by atoms with Gasteiger partial charge in [0.05, 0.1) is 12.5 Å². The standard InChI is InChI=1S/C24H28ClN3O4/c1-16(2)15-32-24(31)27-21-7-3-6-20(13-21)26-22(29)18-5-4-12-28(14-18)23(30)17-8-10-19(25)11-9-17/h3,6-11,13,16,18H,4-5,12,14-15H2,1-2H3,(H,26,29)(H,27,31). The van der Waals surface area contributed by atoms with Crippen LogP contribution < -0.4 is 10.6 Å². The number of halogens is 1. The molecule has 0 aliphatic carbocycles. The minimum atomic E-state index is -0.536. The summed E-state index contributed by atoms with van der Waals surface area (Å²) in [5.41, 5.74) is 1.65. The highest BCUT2D eigenvalue weighted by atomic mass is 35.5. The van der Waals surface area contributed by atoms with Crippen molar-refractivity contribution in [2.24, 2.45) is 11.8 Å². The number of nitrogens with one attached hydrogen (secondary N) is 2. The maximum Gasteiger partial charge on any atom is 0.411 e. The largest absolute Gasteiger partial charge is 0.449 e. The molecule has 1 unspecified atom stereocenters.